The predicted octanol–water partition coefficient (Wildman–Crippen LogP) is 3.76. The van der Waals surface area contributed by atoms with Crippen molar-refractivity contribution in [3.63, 3.8) is 0 Å². The molecule has 0 unspecified atom stereocenters. The van der Waals surface area contributed by atoms with Gasteiger partial charge in [0.1, 0.15) is 11.4 Å². The van der Waals surface area contributed by atoms with E-state index in [2.05, 4.69) is 30.9 Å². The molecule has 0 fully saturated rings. The van der Waals surface area contributed by atoms with E-state index in [0.717, 1.165) is 0 Å². The number of aromatic hydroxyl groups is 1. The molecule has 0 aliphatic rings. The van der Waals surface area contributed by atoms with E-state index >= 15 is 0 Å². The Labute approximate surface area is 136 Å². The van der Waals surface area contributed by atoms with Crippen molar-refractivity contribution in [3.05, 3.63) is 49.3 Å². The van der Waals surface area contributed by atoms with Gasteiger partial charge in [-0.25, -0.2) is 9.97 Å². The quantitative estimate of drug-likeness (QED) is 0.667. The van der Waals surface area contributed by atoms with Crippen molar-refractivity contribution < 1.29 is 5.11 Å². The third kappa shape index (κ3) is 2.62. The molecule has 1 aromatic carbocycles. The number of H-pyrrole nitrogens is 1. The van der Waals surface area contributed by atoms with Crippen LogP contribution in [0.4, 0.5) is 0 Å². The fourth-order valence-corrected chi connectivity index (χ4v) is 2.70. The van der Waals surface area contributed by atoms with E-state index in [0.29, 0.717) is 26.1 Å². The molecular weight excluding hydrogens is 381 g/mol. The van der Waals surface area contributed by atoms with Crippen molar-refractivity contribution in [3.8, 4) is 17.3 Å². The predicted molar refractivity (Wildman–Crippen MR) is 85.0 cm³/mol. The maximum absolute atomic E-state index is 12.1. The van der Waals surface area contributed by atoms with Crippen LogP contribution in [0, 0.1) is 0 Å². The summed E-state index contributed by atoms with van der Waals surface area (Å²) >= 11 is 15.1. The molecule has 0 saturated carbocycles. The molecule has 0 aliphatic heterocycles. The Morgan fingerprint density at radius 1 is 1.24 bits per heavy atom. The first-order chi connectivity index (χ1) is 9.95. The van der Waals surface area contributed by atoms with Gasteiger partial charge in [-0.3, -0.25) is 4.79 Å². The normalized spacial score (nSPS) is 11.0. The summed E-state index contributed by atoms with van der Waals surface area (Å²) in [6.07, 6.45) is 1.26. The molecule has 0 saturated heterocycles. The molecule has 2 heterocycles. The zero-order valence-corrected chi connectivity index (χ0v) is 13.3. The minimum absolute atomic E-state index is 0.00768. The molecule has 106 valence electrons. The summed E-state index contributed by atoms with van der Waals surface area (Å²) in [7, 11) is 0. The van der Waals surface area contributed by atoms with Gasteiger partial charge in [-0.15, -0.1) is 0 Å². The van der Waals surface area contributed by atoms with E-state index in [9.17, 15) is 9.90 Å². The Balaban J connectivity index is 2.30. The number of benzene rings is 1. The van der Waals surface area contributed by atoms with Crippen LogP contribution in [0.2, 0.25) is 10.0 Å². The topological polar surface area (TPSA) is 78.9 Å². The van der Waals surface area contributed by atoms with Crippen LogP contribution in [0.15, 0.2) is 33.7 Å². The molecule has 2 aromatic heterocycles. The van der Waals surface area contributed by atoms with Crippen LogP contribution in [-0.4, -0.2) is 20.1 Å². The van der Waals surface area contributed by atoms with Gasteiger partial charge in [-0.05, 0) is 34.1 Å². The Hall–Kier alpha value is -1.63. The first-order valence-corrected chi connectivity index (χ1v) is 7.24. The smallest absolute Gasteiger partial charge is 0.259 e. The zero-order valence-electron chi connectivity index (χ0n) is 10.2. The zero-order chi connectivity index (χ0) is 15.1. The van der Waals surface area contributed by atoms with E-state index in [1.54, 1.807) is 6.07 Å². The summed E-state index contributed by atoms with van der Waals surface area (Å²) in [6, 6.07) is 4.56. The standard InChI is InChI=1S/C13H6BrCl2N3O2/c14-7-3-9(17-4-10(7)20)12-18-11-6(13(21)19-12)1-5(15)2-8(11)16/h1-4,20H,(H,18,19,21). The highest BCUT2D eigenvalue weighted by Gasteiger charge is 2.12. The lowest BCUT2D eigenvalue weighted by atomic mass is 10.2. The summed E-state index contributed by atoms with van der Waals surface area (Å²) in [4.78, 5) is 23.1. The average molecular weight is 387 g/mol. The average Bonchev–Trinajstić information content (AvgIpc) is 2.43. The van der Waals surface area contributed by atoms with Crippen LogP contribution >= 0.6 is 39.1 Å². The maximum Gasteiger partial charge on any atom is 0.259 e. The maximum atomic E-state index is 12.1. The van der Waals surface area contributed by atoms with Gasteiger partial charge in [0.15, 0.2) is 5.82 Å². The molecule has 0 spiro atoms. The Kier molecular flexibility index (Phi) is 3.61. The van der Waals surface area contributed by atoms with Gasteiger partial charge in [0, 0.05) is 5.02 Å². The number of aromatic nitrogens is 3. The van der Waals surface area contributed by atoms with Crippen LogP contribution in [0.3, 0.4) is 0 Å². The monoisotopic (exact) mass is 385 g/mol. The highest BCUT2D eigenvalue weighted by atomic mass is 79.9. The van der Waals surface area contributed by atoms with Crippen LogP contribution in [-0.2, 0) is 0 Å². The molecule has 3 rings (SSSR count). The first kappa shape index (κ1) is 14.3. The largest absolute Gasteiger partial charge is 0.505 e. The Morgan fingerprint density at radius 3 is 2.71 bits per heavy atom. The van der Waals surface area contributed by atoms with Gasteiger partial charge in [0.25, 0.3) is 5.56 Å². The molecule has 2 N–H and O–H groups in total. The molecule has 3 aromatic rings. The van der Waals surface area contributed by atoms with E-state index in [4.69, 9.17) is 23.2 Å². The van der Waals surface area contributed by atoms with Gasteiger partial charge in [0.05, 0.1) is 26.6 Å². The van der Waals surface area contributed by atoms with E-state index in [1.807, 2.05) is 0 Å². The second-order valence-corrected chi connectivity index (χ2v) is 5.92. The molecule has 5 nitrogen and oxygen atoms in total. The van der Waals surface area contributed by atoms with Gasteiger partial charge in [-0.1, -0.05) is 23.2 Å². The number of nitrogens with one attached hydrogen (secondary N) is 1. The highest BCUT2D eigenvalue weighted by Crippen LogP contribution is 2.28. The molecule has 0 bridgehead atoms. The van der Waals surface area contributed by atoms with Crippen LogP contribution in [0.25, 0.3) is 22.4 Å². The number of aromatic amines is 1. The van der Waals surface area contributed by atoms with Crippen molar-refractivity contribution >= 4 is 50.0 Å². The first-order valence-electron chi connectivity index (χ1n) is 5.69. The summed E-state index contributed by atoms with van der Waals surface area (Å²) in [5.41, 5.74) is 0.362. The SMILES string of the molecule is O=c1[nH]c(-c2cc(Br)c(O)cn2)nc2c(Cl)cc(Cl)cc12. The summed E-state index contributed by atoms with van der Waals surface area (Å²) < 4.78 is 0.442. The molecule has 0 atom stereocenters. The van der Waals surface area contributed by atoms with Crippen molar-refractivity contribution in [1.29, 1.82) is 0 Å². The molecule has 0 radical (unpaired) electrons. The van der Waals surface area contributed by atoms with Gasteiger partial charge < -0.3 is 10.1 Å². The number of halogens is 3. The van der Waals surface area contributed by atoms with Crippen LogP contribution < -0.4 is 5.56 Å². The second-order valence-electron chi connectivity index (χ2n) is 4.22. The molecular formula is C13H6BrCl2N3O2. The Morgan fingerprint density at radius 2 is 2.00 bits per heavy atom. The number of nitrogens with zero attached hydrogens (tertiary/aromatic N) is 2. The number of hydrogen-bond acceptors (Lipinski definition) is 4. The minimum atomic E-state index is -0.370. The molecule has 0 amide bonds. The molecule has 8 heteroatoms. The lowest BCUT2D eigenvalue weighted by Gasteiger charge is -2.05. The highest BCUT2D eigenvalue weighted by molar-refractivity contribution is 9.10. The van der Waals surface area contributed by atoms with E-state index in [-0.39, 0.29) is 22.2 Å². The fourth-order valence-electron chi connectivity index (χ4n) is 1.84. The fraction of sp³-hybridized carbons (Fsp3) is 0. The third-order valence-electron chi connectivity index (χ3n) is 2.81. The van der Waals surface area contributed by atoms with Crippen molar-refractivity contribution in [2.24, 2.45) is 0 Å². The lowest BCUT2D eigenvalue weighted by molar-refractivity contribution is 0.469. The van der Waals surface area contributed by atoms with Gasteiger partial charge in [-0.2, -0.15) is 0 Å². The van der Waals surface area contributed by atoms with Crippen LogP contribution in [0.1, 0.15) is 0 Å². The Bertz CT molecular complexity index is 927. The van der Waals surface area contributed by atoms with Crippen molar-refractivity contribution in [2.45, 2.75) is 0 Å². The number of rotatable bonds is 1. The van der Waals surface area contributed by atoms with Gasteiger partial charge >= 0.3 is 0 Å². The van der Waals surface area contributed by atoms with Crippen LogP contribution in [0.5, 0.6) is 5.75 Å². The minimum Gasteiger partial charge on any atom is -0.505 e. The number of fused-ring (bicyclic) bond motifs is 1. The summed E-state index contributed by atoms with van der Waals surface area (Å²) in [6.45, 7) is 0. The summed E-state index contributed by atoms with van der Waals surface area (Å²) in [5.74, 6) is 0.240. The molecule has 21 heavy (non-hydrogen) atoms. The second kappa shape index (κ2) is 5.29. The summed E-state index contributed by atoms with van der Waals surface area (Å²) in [5, 5.41) is 10.4. The van der Waals surface area contributed by atoms with Crippen molar-refractivity contribution in [2.75, 3.05) is 0 Å². The number of pyridine rings is 1. The third-order valence-corrected chi connectivity index (χ3v) is 3.95. The van der Waals surface area contributed by atoms with Crippen molar-refractivity contribution in [1.82, 2.24) is 15.0 Å². The molecule has 0 aliphatic carbocycles. The van der Waals surface area contributed by atoms with E-state index in [1.165, 1.54) is 18.3 Å². The number of hydrogen-bond donors (Lipinski definition) is 2. The van der Waals surface area contributed by atoms with Gasteiger partial charge in [0.2, 0.25) is 0 Å². The van der Waals surface area contributed by atoms with E-state index < -0.39 is 0 Å². The lowest BCUT2D eigenvalue weighted by Crippen LogP contribution is -2.10.